The predicted molar refractivity (Wildman–Crippen MR) is 95.5 cm³/mol. The highest BCUT2D eigenvalue weighted by atomic mass is 16.4. The Morgan fingerprint density at radius 1 is 0.875 bits per heavy atom. The molecule has 4 aromatic rings. The average Bonchev–Trinajstić information content (AvgIpc) is 3.02. The summed E-state index contributed by atoms with van der Waals surface area (Å²) in [6.45, 7) is 4.20. The lowest BCUT2D eigenvalue weighted by Crippen LogP contribution is -2.31. The van der Waals surface area contributed by atoms with Gasteiger partial charge in [-0.25, -0.2) is 4.98 Å². The highest BCUT2D eigenvalue weighted by Gasteiger charge is 2.21. The molecule has 2 heterocycles. The predicted octanol–water partition coefficient (Wildman–Crippen LogP) is 4.60. The Hall–Kier alpha value is -2.94. The van der Waals surface area contributed by atoms with Crippen molar-refractivity contribution in [1.82, 2.24) is 4.98 Å². The maximum Gasteiger partial charge on any atom is 0.401 e. The molecule has 0 saturated carbocycles. The molecule has 0 unspecified atom stereocenters. The largest absolute Gasteiger partial charge is 0.401 e. The summed E-state index contributed by atoms with van der Waals surface area (Å²) in [5.41, 5.74) is 7.43. The van der Waals surface area contributed by atoms with Crippen LogP contribution in [0.4, 0.5) is 0 Å². The first kappa shape index (κ1) is 14.6. The molecule has 0 aliphatic heterocycles. The number of pyridine rings is 1. The summed E-state index contributed by atoms with van der Waals surface area (Å²) in [6.07, 6.45) is 0. The van der Waals surface area contributed by atoms with Crippen LogP contribution in [0.15, 0.2) is 65.1 Å². The Bertz CT molecular complexity index is 1030. The molecule has 3 heteroatoms. The van der Waals surface area contributed by atoms with Gasteiger partial charge >= 0.3 is 5.71 Å². The van der Waals surface area contributed by atoms with Gasteiger partial charge in [0.1, 0.15) is 7.05 Å². The van der Waals surface area contributed by atoms with E-state index in [0.717, 1.165) is 22.5 Å². The van der Waals surface area contributed by atoms with E-state index >= 15 is 0 Å². The smallest absolute Gasteiger partial charge is 0.384 e. The van der Waals surface area contributed by atoms with Crippen LogP contribution >= 0.6 is 0 Å². The van der Waals surface area contributed by atoms with Gasteiger partial charge in [-0.3, -0.25) is 0 Å². The van der Waals surface area contributed by atoms with Crippen LogP contribution in [0.2, 0.25) is 0 Å². The molecule has 4 rings (SSSR count). The minimum atomic E-state index is 0.655. The van der Waals surface area contributed by atoms with Crippen LogP contribution in [-0.2, 0) is 7.05 Å². The van der Waals surface area contributed by atoms with E-state index in [1.54, 1.807) is 0 Å². The van der Waals surface area contributed by atoms with Gasteiger partial charge in [-0.05, 0) is 43.7 Å². The number of aryl methyl sites for hydroxylation is 3. The summed E-state index contributed by atoms with van der Waals surface area (Å²) in [7, 11) is 2.02. The molecule has 0 bridgehead atoms. The summed E-state index contributed by atoms with van der Waals surface area (Å²) in [5.74, 6) is 0.655. The summed E-state index contributed by atoms with van der Waals surface area (Å²) in [4.78, 5) is 4.64. The molecule has 118 valence electrons. The zero-order valence-electron chi connectivity index (χ0n) is 14.1. The summed E-state index contributed by atoms with van der Waals surface area (Å²) >= 11 is 0. The second-order valence-electron chi connectivity index (χ2n) is 6.17. The van der Waals surface area contributed by atoms with E-state index in [-0.39, 0.29) is 0 Å². The normalized spacial score (nSPS) is 11.1. The molecule has 0 atom stereocenters. The third-order valence-electron chi connectivity index (χ3n) is 4.42. The molecule has 2 aromatic heterocycles. The van der Waals surface area contributed by atoms with Crippen LogP contribution in [0.3, 0.4) is 0 Å². The van der Waals surface area contributed by atoms with Crippen molar-refractivity contribution in [3.63, 3.8) is 0 Å². The van der Waals surface area contributed by atoms with Gasteiger partial charge in [-0.2, -0.15) is 4.57 Å². The number of benzene rings is 2. The molecule has 0 fully saturated rings. The Morgan fingerprint density at radius 3 is 2.38 bits per heavy atom. The van der Waals surface area contributed by atoms with E-state index in [1.807, 2.05) is 25.2 Å². The summed E-state index contributed by atoms with van der Waals surface area (Å²) < 4.78 is 8.15. The fraction of sp³-hybridized carbons (Fsp3) is 0.143. The summed E-state index contributed by atoms with van der Waals surface area (Å²) in [6, 6.07) is 20.7. The maximum absolute atomic E-state index is 6.08. The first-order valence-corrected chi connectivity index (χ1v) is 8.06. The topological polar surface area (TPSA) is 29.9 Å². The van der Waals surface area contributed by atoms with Crippen molar-refractivity contribution in [1.29, 1.82) is 0 Å². The van der Waals surface area contributed by atoms with E-state index in [4.69, 9.17) is 4.42 Å². The zero-order chi connectivity index (χ0) is 16.7. The quantitative estimate of drug-likeness (QED) is 0.506. The minimum absolute atomic E-state index is 0.655. The van der Waals surface area contributed by atoms with Gasteiger partial charge in [0.2, 0.25) is 11.6 Å². The lowest BCUT2D eigenvalue weighted by atomic mass is 10.1. The van der Waals surface area contributed by atoms with Gasteiger partial charge in [0.05, 0.1) is 0 Å². The van der Waals surface area contributed by atoms with E-state index in [2.05, 4.69) is 65.9 Å². The van der Waals surface area contributed by atoms with Crippen LogP contribution in [0.25, 0.3) is 33.9 Å². The maximum atomic E-state index is 6.08. The molecule has 0 aliphatic rings. The summed E-state index contributed by atoms with van der Waals surface area (Å²) in [5, 5.41) is 0. The second-order valence-corrected chi connectivity index (χ2v) is 6.17. The average molecular weight is 315 g/mol. The monoisotopic (exact) mass is 315 g/mol. The van der Waals surface area contributed by atoms with Crippen molar-refractivity contribution < 1.29 is 8.98 Å². The number of hydrogen-bond donors (Lipinski definition) is 0. The van der Waals surface area contributed by atoms with E-state index < -0.39 is 0 Å². The molecule has 0 radical (unpaired) electrons. The fourth-order valence-electron chi connectivity index (χ4n) is 3.00. The van der Waals surface area contributed by atoms with Crippen LogP contribution in [0, 0.1) is 13.8 Å². The number of hydrogen-bond acceptors (Lipinski definition) is 2. The van der Waals surface area contributed by atoms with Crippen LogP contribution < -0.4 is 4.57 Å². The number of aromatic nitrogens is 2. The van der Waals surface area contributed by atoms with Crippen LogP contribution in [0.1, 0.15) is 11.1 Å². The molecule has 0 amide bonds. The molecule has 0 spiro atoms. The Morgan fingerprint density at radius 2 is 1.62 bits per heavy atom. The third-order valence-corrected chi connectivity index (χ3v) is 4.42. The van der Waals surface area contributed by atoms with E-state index in [0.29, 0.717) is 5.89 Å². The molecule has 3 nitrogen and oxygen atoms in total. The highest BCUT2D eigenvalue weighted by Crippen LogP contribution is 2.26. The lowest BCUT2D eigenvalue weighted by molar-refractivity contribution is -0.640. The van der Waals surface area contributed by atoms with Crippen molar-refractivity contribution in [2.45, 2.75) is 13.8 Å². The van der Waals surface area contributed by atoms with Gasteiger partial charge in [0, 0.05) is 17.2 Å². The molecule has 0 aliphatic carbocycles. The number of rotatable bonds is 2. The fourth-order valence-corrected chi connectivity index (χ4v) is 3.00. The van der Waals surface area contributed by atoms with Gasteiger partial charge in [-0.1, -0.05) is 35.9 Å². The van der Waals surface area contributed by atoms with Crippen LogP contribution in [-0.4, -0.2) is 4.98 Å². The number of nitrogens with zero attached hydrogens (tertiary/aromatic N) is 2. The van der Waals surface area contributed by atoms with Gasteiger partial charge in [0.15, 0.2) is 5.52 Å². The SMILES string of the molecule is Cc1ccc(-c2nc3ccc(-c4ccccc4C)[n+](C)c3o2)cc1. The second kappa shape index (κ2) is 5.60. The highest BCUT2D eigenvalue weighted by molar-refractivity contribution is 5.73. The standard InChI is InChI=1S/C21H19N2O/c1-14-8-10-16(11-9-14)20-22-18-12-13-19(23(3)21(18)24-20)17-7-5-4-6-15(17)2/h4-13H,1-3H3/q+1. The molecule has 2 aromatic carbocycles. The first-order chi connectivity index (χ1) is 11.6. The van der Waals surface area contributed by atoms with E-state index in [9.17, 15) is 0 Å². The number of fused-ring (bicyclic) bond motifs is 1. The van der Waals surface area contributed by atoms with Gasteiger partial charge in [-0.15, -0.1) is 0 Å². The van der Waals surface area contributed by atoms with Crippen molar-refractivity contribution in [2.75, 3.05) is 0 Å². The molecule has 24 heavy (non-hydrogen) atoms. The molecular formula is C21H19N2O+. The molecule has 0 saturated heterocycles. The third kappa shape index (κ3) is 2.38. The zero-order valence-corrected chi connectivity index (χ0v) is 14.1. The van der Waals surface area contributed by atoms with Crippen molar-refractivity contribution in [3.8, 4) is 22.7 Å². The number of oxazole rings is 1. The van der Waals surface area contributed by atoms with Crippen molar-refractivity contribution >= 4 is 11.2 Å². The Labute approximate surface area is 141 Å². The van der Waals surface area contributed by atoms with Crippen molar-refractivity contribution in [3.05, 3.63) is 71.8 Å². The minimum Gasteiger partial charge on any atom is -0.384 e. The van der Waals surface area contributed by atoms with E-state index in [1.165, 1.54) is 16.7 Å². The molecule has 0 N–H and O–H groups in total. The Kier molecular flexibility index (Phi) is 3.42. The van der Waals surface area contributed by atoms with Gasteiger partial charge in [0.25, 0.3) is 0 Å². The molecular weight excluding hydrogens is 296 g/mol. The van der Waals surface area contributed by atoms with Crippen LogP contribution in [0.5, 0.6) is 0 Å². The first-order valence-electron chi connectivity index (χ1n) is 8.06. The van der Waals surface area contributed by atoms with Gasteiger partial charge < -0.3 is 4.42 Å². The van der Waals surface area contributed by atoms with Crippen molar-refractivity contribution in [2.24, 2.45) is 7.05 Å². The lowest BCUT2D eigenvalue weighted by Gasteiger charge is -2.03. The Balaban J connectivity index is 1.88.